The molecule has 1 aromatic carbocycles. The zero-order valence-electron chi connectivity index (χ0n) is 10.4. The normalized spacial score (nSPS) is 13.7. The van der Waals surface area contributed by atoms with Crippen LogP contribution in [0.3, 0.4) is 0 Å². The van der Waals surface area contributed by atoms with Gasteiger partial charge in [0.2, 0.25) is 0 Å². The maximum Gasteiger partial charge on any atom is 0.315 e. The summed E-state index contributed by atoms with van der Waals surface area (Å²) in [5.41, 5.74) is 1.03. The van der Waals surface area contributed by atoms with Gasteiger partial charge in [-0.25, -0.2) is 4.79 Å². The number of urea groups is 1. The van der Waals surface area contributed by atoms with Gasteiger partial charge in [-0.1, -0.05) is 28.1 Å². The molecule has 0 saturated heterocycles. The minimum atomic E-state index is -0.881. The van der Waals surface area contributed by atoms with E-state index in [-0.39, 0.29) is 12.1 Å². The third-order valence-corrected chi connectivity index (χ3v) is 3.70. The van der Waals surface area contributed by atoms with Gasteiger partial charge in [0, 0.05) is 33.8 Å². The van der Waals surface area contributed by atoms with E-state index in [1.54, 1.807) is 6.26 Å². The second-order valence-electron chi connectivity index (χ2n) is 3.95. The Balaban J connectivity index is 2.39. The van der Waals surface area contributed by atoms with E-state index < -0.39 is 10.8 Å². The van der Waals surface area contributed by atoms with Crippen molar-refractivity contribution >= 4 is 32.8 Å². The summed E-state index contributed by atoms with van der Waals surface area (Å²) in [6.07, 6.45) is 1.62. The molecule has 1 aromatic rings. The number of carbonyl (C=O) groups is 1. The first-order valence-corrected chi connectivity index (χ1v) is 8.11. The largest absolute Gasteiger partial charge is 0.337 e. The molecular weight excluding hydrogens is 316 g/mol. The molecule has 0 unspecified atom stereocenters. The summed E-state index contributed by atoms with van der Waals surface area (Å²) in [4.78, 5) is 11.5. The Hall–Kier alpha value is -0.880. The molecule has 0 aliphatic rings. The summed E-state index contributed by atoms with van der Waals surface area (Å²) in [6.45, 7) is 2.34. The molecule has 0 aliphatic heterocycles. The Morgan fingerprint density at radius 3 is 2.56 bits per heavy atom. The Morgan fingerprint density at radius 1 is 1.39 bits per heavy atom. The van der Waals surface area contributed by atoms with Crippen molar-refractivity contribution in [3.63, 3.8) is 0 Å². The lowest BCUT2D eigenvalue weighted by Gasteiger charge is -2.15. The molecule has 2 amide bonds. The van der Waals surface area contributed by atoms with Crippen molar-refractivity contribution in [2.75, 3.05) is 18.6 Å². The molecule has 0 aromatic heterocycles. The maximum atomic E-state index is 11.5. The van der Waals surface area contributed by atoms with Crippen LogP contribution in [-0.2, 0) is 10.8 Å². The highest BCUT2D eigenvalue weighted by atomic mass is 79.9. The van der Waals surface area contributed by atoms with E-state index in [9.17, 15) is 9.00 Å². The molecule has 0 spiro atoms. The summed E-state index contributed by atoms with van der Waals surface area (Å²) < 4.78 is 11.8. The number of halogens is 1. The van der Waals surface area contributed by atoms with Gasteiger partial charge in [-0.05, 0) is 24.6 Å². The van der Waals surface area contributed by atoms with E-state index >= 15 is 0 Å². The monoisotopic (exact) mass is 332 g/mol. The molecule has 100 valence electrons. The van der Waals surface area contributed by atoms with Crippen molar-refractivity contribution in [2.45, 2.75) is 13.0 Å². The van der Waals surface area contributed by atoms with Gasteiger partial charge in [-0.3, -0.25) is 4.21 Å². The van der Waals surface area contributed by atoms with Gasteiger partial charge >= 0.3 is 6.03 Å². The van der Waals surface area contributed by atoms with Crippen LogP contribution in [0.1, 0.15) is 18.5 Å². The third-order valence-electron chi connectivity index (χ3n) is 2.39. The van der Waals surface area contributed by atoms with Crippen molar-refractivity contribution in [1.29, 1.82) is 0 Å². The number of nitrogens with one attached hydrogen (secondary N) is 2. The molecule has 0 aliphatic carbocycles. The second kappa shape index (κ2) is 7.53. The number of carbonyl (C=O) groups excluding carboxylic acids is 1. The van der Waals surface area contributed by atoms with Crippen LogP contribution in [0.5, 0.6) is 0 Å². The van der Waals surface area contributed by atoms with Crippen molar-refractivity contribution in [1.82, 2.24) is 10.6 Å². The lowest BCUT2D eigenvalue weighted by Crippen LogP contribution is -2.38. The van der Waals surface area contributed by atoms with Crippen LogP contribution >= 0.6 is 15.9 Å². The van der Waals surface area contributed by atoms with Crippen LogP contribution in [0.15, 0.2) is 28.7 Å². The fraction of sp³-hybridized carbons (Fsp3) is 0.417. The van der Waals surface area contributed by atoms with Gasteiger partial charge in [0.15, 0.2) is 0 Å². The number of hydrogen-bond acceptors (Lipinski definition) is 2. The Kier molecular flexibility index (Phi) is 6.35. The first-order valence-electron chi connectivity index (χ1n) is 5.59. The summed E-state index contributed by atoms with van der Waals surface area (Å²) in [7, 11) is -0.881. The smallest absolute Gasteiger partial charge is 0.315 e. The van der Waals surface area contributed by atoms with Crippen LogP contribution in [0.4, 0.5) is 4.79 Å². The highest BCUT2D eigenvalue weighted by molar-refractivity contribution is 9.10. The third kappa shape index (κ3) is 5.64. The van der Waals surface area contributed by atoms with Gasteiger partial charge in [-0.15, -0.1) is 0 Å². The van der Waals surface area contributed by atoms with Crippen LogP contribution in [0, 0.1) is 0 Å². The van der Waals surface area contributed by atoms with Crippen molar-refractivity contribution in [3.05, 3.63) is 34.3 Å². The molecule has 2 N–H and O–H groups in total. The standard InChI is InChI=1S/C12H17BrN2O2S/c1-9(10-3-5-11(13)6-4-10)15-12(16)14-7-8-18(2)17/h3-6,9H,7-8H2,1-2H3,(H2,14,15,16)/t9-,18-/m0/s1. The van der Waals surface area contributed by atoms with E-state index in [0.717, 1.165) is 10.0 Å². The van der Waals surface area contributed by atoms with Gasteiger partial charge < -0.3 is 10.6 Å². The van der Waals surface area contributed by atoms with Gasteiger partial charge in [-0.2, -0.15) is 0 Å². The summed E-state index contributed by atoms with van der Waals surface area (Å²) in [5, 5.41) is 5.50. The van der Waals surface area contributed by atoms with Gasteiger partial charge in [0.25, 0.3) is 0 Å². The van der Waals surface area contributed by atoms with Crippen LogP contribution in [0.25, 0.3) is 0 Å². The number of amides is 2. The highest BCUT2D eigenvalue weighted by Crippen LogP contribution is 2.16. The molecule has 0 fully saturated rings. The van der Waals surface area contributed by atoms with Gasteiger partial charge in [0.05, 0.1) is 6.04 Å². The first kappa shape index (κ1) is 15.2. The minimum absolute atomic E-state index is 0.0646. The molecular formula is C12H17BrN2O2S. The summed E-state index contributed by atoms with van der Waals surface area (Å²) >= 11 is 3.36. The second-order valence-corrected chi connectivity index (χ2v) is 6.42. The lowest BCUT2D eigenvalue weighted by molar-refractivity contribution is 0.238. The SMILES string of the molecule is C[C@H](NC(=O)NCC[S@](C)=O)c1ccc(Br)cc1. The van der Waals surface area contributed by atoms with E-state index in [2.05, 4.69) is 26.6 Å². The van der Waals surface area contributed by atoms with Crippen LogP contribution < -0.4 is 10.6 Å². The quantitative estimate of drug-likeness (QED) is 0.868. The molecule has 18 heavy (non-hydrogen) atoms. The van der Waals surface area contributed by atoms with Crippen molar-refractivity contribution in [3.8, 4) is 0 Å². The fourth-order valence-corrected chi connectivity index (χ4v) is 2.04. The number of rotatable bonds is 5. The molecule has 2 atom stereocenters. The Bertz CT molecular complexity index is 423. The zero-order valence-corrected chi connectivity index (χ0v) is 12.8. The average Bonchev–Trinajstić information content (AvgIpc) is 2.29. The summed E-state index contributed by atoms with van der Waals surface area (Å²) in [6, 6.07) is 7.48. The predicted molar refractivity (Wildman–Crippen MR) is 78.0 cm³/mol. The molecule has 0 saturated carbocycles. The van der Waals surface area contributed by atoms with E-state index in [1.807, 2.05) is 31.2 Å². The van der Waals surface area contributed by atoms with Crippen LogP contribution in [0.2, 0.25) is 0 Å². The van der Waals surface area contributed by atoms with Crippen molar-refractivity contribution < 1.29 is 9.00 Å². The molecule has 0 heterocycles. The average molecular weight is 333 g/mol. The van der Waals surface area contributed by atoms with Crippen molar-refractivity contribution in [2.24, 2.45) is 0 Å². The maximum absolute atomic E-state index is 11.5. The topological polar surface area (TPSA) is 58.2 Å². The van der Waals surface area contributed by atoms with E-state index in [4.69, 9.17) is 0 Å². The van der Waals surface area contributed by atoms with Crippen LogP contribution in [-0.4, -0.2) is 28.8 Å². The number of benzene rings is 1. The van der Waals surface area contributed by atoms with E-state index in [0.29, 0.717) is 12.3 Å². The first-order chi connectivity index (χ1) is 8.49. The Morgan fingerprint density at radius 2 is 2.00 bits per heavy atom. The fourth-order valence-electron chi connectivity index (χ4n) is 1.39. The lowest BCUT2D eigenvalue weighted by atomic mass is 10.1. The number of hydrogen-bond donors (Lipinski definition) is 2. The highest BCUT2D eigenvalue weighted by Gasteiger charge is 2.08. The molecule has 1 rings (SSSR count). The van der Waals surface area contributed by atoms with Gasteiger partial charge in [0.1, 0.15) is 0 Å². The summed E-state index contributed by atoms with van der Waals surface area (Å²) in [5.74, 6) is 0.472. The zero-order chi connectivity index (χ0) is 13.5. The molecule has 6 heteroatoms. The molecule has 0 radical (unpaired) electrons. The molecule has 4 nitrogen and oxygen atoms in total. The van der Waals surface area contributed by atoms with E-state index in [1.165, 1.54) is 0 Å². The molecule has 0 bridgehead atoms. The predicted octanol–water partition coefficient (Wildman–Crippen LogP) is 2.19. The Labute approximate surface area is 118 Å². The minimum Gasteiger partial charge on any atom is -0.337 e.